The molecule has 4 N–H and O–H groups in total. The Hall–Kier alpha value is -1.60. The van der Waals surface area contributed by atoms with E-state index in [0.29, 0.717) is 0 Å². The van der Waals surface area contributed by atoms with Crippen LogP contribution in [0, 0.1) is 5.92 Å². The molecule has 0 saturated carbocycles. The third-order valence-corrected chi connectivity index (χ3v) is 4.02. The number of rotatable bonds is 7. The van der Waals surface area contributed by atoms with Crippen LogP contribution in [0.5, 0.6) is 0 Å². The molecule has 6 nitrogen and oxygen atoms in total. The van der Waals surface area contributed by atoms with Gasteiger partial charge in [0.25, 0.3) is 0 Å². The maximum absolute atomic E-state index is 11.7. The Bertz CT molecular complexity index is 457. The molecule has 1 aromatic heterocycles. The van der Waals surface area contributed by atoms with E-state index in [1.165, 1.54) is 6.07 Å². The SMILES string of the molecule is CCC(CC)C(O)CNC(=O)Nc1sccc1C(=O)O. The van der Waals surface area contributed by atoms with Crippen molar-refractivity contribution in [2.75, 3.05) is 11.9 Å². The Labute approximate surface area is 121 Å². The van der Waals surface area contributed by atoms with Crippen LogP contribution in [0.1, 0.15) is 37.0 Å². The number of aliphatic hydroxyl groups is 1. The molecule has 1 heterocycles. The van der Waals surface area contributed by atoms with Crippen molar-refractivity contribution in [1.29, 1.82) is 0 Å². The lowest BCUT2D eigenvalue weighted by Crippen LogP contribution is -2.38. The minimum Gasteiger partial charge on any atom is -0.478 e. The number of anilines is 1. The Kier molecular flexibility index (Phi) is 6.47. The van der Waals surface area contributed by atoms with E-state index in [9.17, 15) is 14.7 Å². The summed E-state index contributed by atoms with van der Waals surface area (Å²) in [6.45, 7) is 4.12. The molecule has 2 amide bonds. The number of carboxylic acid groups (broad SMARTS) is 1. The van der Waals surface area contributed by atoms with Crippen LogP contribution in [-0.4, -0.2) is 34.9 Å². The second-order valence-corrected chi connectivity index (χ2v) is 5.36. The number of nitrogens with one attached hydrogen (secondary N) is 2. The highest BCUT2D eigenvalue weighted by Crippen LogP contribution is 2.22. The van der Waals surface area contributed by atoms with Crippen molar-refractivity contribution in [2.45, 2.75) is 32.8 Å². The molecule has 1 unspecified atom stereocenters. The lowest BCUT2D eigenvalue weighted by Gasteiger charge is -2.20. The number of amides is 2. The van der Waals surface area contributed by atoms with Gasteiger partial charge in [0.15, 0.2) is 0 Å². The summed E-state index contributed by atoms with van der Waals surface area (Å²) in [6, 6.07) is 0.918. The van der Waals surface area contributed by atoms with E-state index < -0.39 is 18.1 Å². The van der Waals surface area contributed by atoms with Gasteiger partial charge in [0.1, 0.15) is 5.00 Å². The zero-order chi connectivity index (χ0) is 15.1. The van der Waals surface area contributed by atoms with Crippen molar-refractivity contribution in [3.63, 3.8) is 0 Å². The first-order valence-electron chi connectivity index (χ1n) is 6.53. The first-order chi connectivity index (χ1) is 9.49. The van der Waals surface area contributed by atoms with E-state index in [4.69, 9.17) is 5.11 Å². The Balaban J connectivity index is 2.48. The van der Waals surface area contributed by atoms with Gasteiger partial charge in [0.2, 0.25) is 0 Å². The second-order valence-electron chi connectivity index (χ2n) is 4.45. The Morgan fingerprint density at radius 2 is 2.00 bits per heavy atom. The fourth-order valence-electron chi connectivity index (χ4n) is 1.92. The van der Waals surface area contributed by atoms with Crippen molar-refractivity contribution in [3.05, 3.63) is 17.0 Å². The minimum absolute atomic E-state index is 0.0608. The van der Waals surface area contributed by atoms with Crippen LogP contribution in [0.3, 0.4) is 0 Å². The predicted molar refractivity (Wildman–Crippen MR) is 78.4 cm³/mol. The summed E-state index contributed by atoms with van der Waals surface area (Å²) in [5.74, 6) is -0.940. The van der Waals surface area contributed by atoms with E-state index in [0.717, 1.165) is 24.2 Å². The lowest BCUT2D eigenvalue weighted by molar-refractivity contribution is 0.0698. The summed E-state index contributed by atoms with van der Waals surface area (Å²) in [7, 11) is 0. The molecule has 1 rings (SSSR count). The summed E-state index contributed by atoms with van der Waals surface area (Å²) in [6.07, 6.45) is 1.09. The van der Waals surface area contributed by atoms with Gasteiger partial charge < -0.3 is 15.5 Å². The molecule has 0 spiro atoms. The van der Waals surface area contributed by atoms with Crippen molar-refractivity contribution in [1.82, 2.24) is 5.32 Å². The second kappa shape index (κ2) is 7.86. The number of hydrogen-bond donors (Lipinski definition) is 4. The van der Waals surface area contributed by atoms with Crippen molar-refractivity contribution >= 4 is 28.3 Å². The fraction of sp³-hybridized carbons (Fsp3) is 0.538. The van der Waals surface area contributed by atoms with Gasteiger partial charge in [-0.25, -0.2) is 9.59 Å². The van der Waals surface area contributed by atoms with Gasteiger partial charge in [-0.3, -0.25) is 5.32 Å². The number of thiophene rings is 1. The molecule has 0 radical (unpaired) electrons. The maximum Gasteiger partial charge on any atom is 0.338 e. The number of hydrogen-bond acceptors (Lipinski definition) is 4. The van der Waals surface area contributed by atoms with Crippen molar-refractivity contribution in [3.8, 4) is 0 Å². The van der Waals surface area contributed by atoms with Gasteiger partial charge >= 0.3 is 12.0 Å². The molecule has 0 bridgehead atoms. The molecule has 0 aliphatic rings. The summed E-state index contributed by atoms with van der Waals surface area (Å²) >= 11 is 1.14. The highest BCUT2D eigenvalue weighted by Gasteiger charge is 2.17. The third kappa shape index (κ3) is 4.50. The van der Waals surface area contributed by atoms with Gasteiger partial charge in [-0.05, 0) is 17.4 Å². The van der Waals surface area contributed by atoms with Crippen LogP contribution in [0.15, 0.2) is 11.4 Å². The van der Waals surface area contributed by atoms with Crippen LogP contribution in [0.2, 0.25) is 0 Å². The number of carboxylic acids is 1. The lowest BCUT2D eigenvalue weighted by atomic mass is 9.97. The van der Waals surface area contributed by atoms with Gasteiger partial charge in [-0.1, -0.05) is 26.7 Å². The number of urea groups is 1. The molecule has 7 heteroatoms. The molecule has 0 saturated heterocycles. The summed E-state index contributed by atoms with van der Waals surface area (Å²) < 4.78 is 0. The van der Waals surface area contributed by atoms with E-state index in [1.54, 1.807) is 5.38 Å². The molecule has 20 heavy (non-hydrogen) atoms. The van der Waals surface area contributed by atoms with E-state index in [-0.39, 0.29) is 23.0 Å². The van der Waals surface area contributed by atoms with Crippen LogP contribution in [-0.2, 0) is 0 Å². The van der Waals surface area contributed by atoms with Crippen LogP contribution in [0.4, 0.5) is 9.80 Å². The topological polar surface area (TPSA) is 98.7 Å². The normalized spacial score (nSPS) is 12.2. The number of aromatic carboxylic acids is 1. The molecule has 0 aliphatic heterocycles. The van der Waals surface area contributed by atoms with E-state index >= 15 is 0 Å². The van der Waals surface area contributed by atoms with Crippen molar-refractivity contribution < 1.29 is 19.8 Å². The largest absolute Gasteiger partial charge is 0.478 e. The molecule has 0 aliphatic carbocycles. The van der Waals surface area contributed by atoms with Gasteiger partial charge in [0, 0.05) is 6.54 Å². The Morgan fingerprint density at radius 3 is 2.55 bits per heavy atom. The highest BCUT2D eigenvalue weighted by atomic mass is 32.1. The molecule has 0 fully saturated rings. The third-order valence-electron chi connectivity index (χ3n) is 3.19. The number of carbonyl (C=O) groups is 2. The molecule has 0 aromatic carbocycles. The minimum atomic E-state index is -1.08. The zero-order valence-corrected chi connectivity index (χ0v) is 12.4. The summed E-state index contributed by atoms with van der Waals surface area (Å²) in [4.78, 5) is 22.6. The zero-order valence-electron chi connectivity index (χ0n) is 11.5. The van der Waals surface area contributed by atoms with E-state index in [2.05, 4.69) is 10.6 Å². The summed E-state index contributed by atoms with van der Waals surface area (Å²) in [5, 5.41) is 25.7. The fourth-order valence-corrected chi connectivity index (χ4v) is 2.69. The standard InChI is InChI=1S/C13H20N2O4S/c1-3-8(4-2)10(16)7-14-13(19)15-11-9(12(17)18)5-6-20-11/h5-6,8,10,16H,3-4,7H2,1-2H3,(H,17,18)(H2,14,15,19). The van der Waals surface area contributed by atoms with Crippen LogP contribution in [0.25, 0.3) is 0 Å². The van der Waals surface area contributed by atoms with E-state index in [1.807, 2.05) is 13.8 Å². The predicted octanol–water partition coefficient (Wildman–Crippen LogP) is 2.36. The van der Waals surface area contributed by atoms with Crippen LogP contribution < -0.4 is 10.6 Å². The average Bonchev–Trinajstić information content (AvgIpc) is 2.86. The van der Waals surface area contributed by atoms with Crippen molar-refractivity contribution in [2.24, 2.45) is 5.92 Å². The molecule has 112 valence electrons. The number of carbonyl (C=O) groups excluding carboxylic acids is 1. The van der Waals surface area contributed by atoms with Gasteiger partial charge in [-0.15, -0.1) is 11.3 Å². The first-order valence-corrected chi connectivity index (χ1v) is 7.41. The quantitative estimate of drug-likeness (QED) is 0.621. The summed E-state index contributed by atoms with van der Waals surface area (Å²) in [5.41, 5.74) is 0.0608. The maximum atomic E-state index is 11.7. The smallest absolute Gasteiger partial charge is 0.338 e. The first kappa shape index (κ1) is 16.5. The highest BCUT2D eigenvalue weighted by molar-refractivity contribution is 7.14. The molecule has 1 atom stereocenters. The van der Waals surface area contributed by atoms with Crippen LogP contribution >= 0.6 is 11.3 Å². The number of aliphatic hydroxyl groups excluding tert-OH is 1. The Morgan fingerprint density at radius 1 is 1.35 bits per heavy atom. The monoisotopic (exact) mass is 300 g/mol. The van der Waals surface area contributed by atoms with Gasteiger partial charge in [-0.2, -0.15) is 0 Å². The molecule has 1 aromatic rings. The van der Waals surface area contributed by atoms with Gasteiger partial charge in [0.05, 0.1) is 11.7 Å². The molecular formula is C13H20N2O4S. The molecular weight excluding hydrogens is 280 g/mol. The average molecular weight is 300 g/mol.